The Kier molecular flexibility index (Phi) is 3.44. The Morgan fingerprint density at radius 2 is 1.76 bits per heavy atom. The average molecular weight is 280 g/mol. The largest absolute Gasteiger partial charge is 0.358 e. The molecule has 0 bridgehead atoms. The lowest BCUT2D eigenvalue weighted by Crippen LogP contribution is -2.14. The van der Waals surface area contributed by atoms with Crippen molar-refractivity contribution in [3.63, 3.8) is 0 Å². The van der Waals surface area contributed by atoms with E-state index in [0.717, 1.165) is 27.7 Å². The van der Waals surface area contributed by atoms with Gasteiger partial charge in [0.05, 0.1) is 5.92 Å². The lowest BCUT2D eigenvalue weighted by Gasteiger charge is -2.14. The van der Waals surface area contributed by atoms with E-state index < -0.39 is 0 Å². The van der Waals surface area contributed by atoms with Gasteiger partial charge in [-0.1, -0.05) is 48.5 Å². The number of aromatic amines is 1. The van der Waals surface area contributed by atoms with Gasteiger partial charge in [-0.05, 0) is 24.1 Å². The molecule has 1 aromatic heterocycles. The van der Waals surface area contributed by atoms with Crippen LogP contribution < -0.4 is 0 Å². The van der Waals surface area contributed by atoms with Crippen molar-refractivity contribution in [1.82, 2.24) is 4.98 Å². The van der Waals surface area contributed by atoms with Gasteiger partial charge in [0.2, 0.25) is 6.54 Å². The van der Waals surface area contributed by atoms with Gasteiger partial charge in [-0.15, -0.1) is 0 Å². The number of para-hydroxylation sites is 1. The number of H-pyrrole nitrogens is 1. The molecule has 0 saturated heterocycles. The number of fused-ring (bicyclic) bond motifs is 1. The monoisotopic (exact) mass is 280 g/mol. The van der Waals surface area contributed by atoms with E-state index in [2.05, 4.69) is 4.98 Å². The Bertz CT molecular complexity index is 778. The van der Waals surface area contributed by atoms with E-state index in [4.69, 9.17) is 0 Å². The number of nitrogens with zero attached hydrogens (tertiary/aromatic N) is 1. The van der Waals surface area contributed by atoms with Crippen LogP contribution in [0.15, 0.2) is 54.6 Å². The summed E-state index contributed by atoms with van der Waals surface area (Å²) in [5, 5.41) is 12.2. The smallest absolute Gasteiger partial charge is 0.214 e. The lowest BCUT2D eigenvalue weighted by atomic mass is 9.89. The van der Waals surface area contributed by atoms with Crippen LogP contribution in [0.3, 0.4) is 0 Å². The van der Waals surface area contributed by atoms with E-state index >= 15 is 0 Å². The van der Waals surface area contributed by atoms with Crippen molar-refractivity contribution in [2.24, 2.45) is 0 Å². The zero-order chi connectivity index (χ0) is 14.8. The summed E-state index contributed by atoms with van der Waals surface area (Å²) in [6.45, 7) is 1.87. The molecule has 0 spiro atoms. The summed E-state index contributed by atoms with van der Waals surface area (Å²) in [6.07, 6.45) is 0. The van der Waals surface area contributed by atoms with Crippen molar-refractivity contribution in [3.05, 3.63) is 81.5 Å². The highest BCUT2D eigenvalue weighted by molar-refractivity contribution is 5.85. The number of rotatable bonds is 4. The first-order valence-electron chi connectivity index (χ1n) is 6.91. The number of hydrogen-bond donors (Lipinski definition) is 1. The van der Waals surface area contributed by atoms with Crippen molar-refractivity contribution in [2.45, 2.75) is 12.8 Å². The molecule has 0 amide bonds. The summed E-state index contributed by atoms with van der Waals surface area (Å²) in [5.41, 5.74) is 4.01. The first kappa shape index (κ1) is 13.4. The molecule has 1 heterocycles. The quantitative estimate of drug-likeness (QED) is 0.582. The Hall–Kier alpha value is -2.62. The lowest BCUT2D eigenvalue weighted by molar-refractivity contribution is -0.481. The van der Waals surface area contributed by atoms with E-state index in [-0.39, 0.29) is 17.4 Å². The second-order valence-corrected chi connectivity index (χ2v) is 5.19. The molecule has 0 aliphatic carbocycles. The number of hydrogen-bond acceptors (Lipinski definition) is 2. The molecule has 0 radical (unpaired) electrons. The number of aromatic nitrogens is 1. The third kappa shape index (κ3) is 2.52. The molecule has 0 unspecified atom stereocenters. The highest BCUT2D eigenvalue weighted by atomic mass is 16.6. The summed E-state index contributed by atoms with van der Waals surface area (Å²) < 4.78 is 0. The predicted octanol–water partition coefficient (Wildman–Crippen LogP) is 3.88. The predicted molar refractivity (Wildman–Crippen MR) is 83.2 cm³/mol. The fourth-order valence-electron chi connectivity index (χ4n) is 2.95. The Balaban J connectivity index is 2.19. The van der Waals surface area contributed by atoms with E-state index in [1.165, 1.54) is 0 Å². The Labute approximate surface area is 122 Å². The third-order valence-electron chi connectivity index (χ3n) is 3.83. The van der Waals surface area contributed by atoms with Crippen LogP contribution in [0.4, 0.5) is 0 Å². The molecule has 1 N–H and O–H groups in total. The SMILES string of the molecule is Cc1[nH]c2ccccc2c1[C@H](C[N+](=O)[O-])c1ccccc1. The van der Waals surface area contributed by atoms with Crippen LogP contribution in [-0.4, -0.2) is 16.5 Å². The van der Waals surface area contributed by atoms with Crippen LogP contribution >= 0.6 is 0 Å². The fraction of sp³-hybridized carbons (Fsp3) is 0.176. The molecule has 3 rings (SSSR count). The second kappa shape index (κ2) is 5.40. The molecular weight excluding hydrogens is 264 g/mol. The average Bonchev–Trinajstić information content (AvgIpc) is 2.81. The zero-order valence-electron chi connectivity index (χ0n) is 11.7. The van der Waals surface area contributed by atoms with Crippen molar-refractivity contribution < 1.29 is 4.92 Å². The van der Waals surface area contributed by atoms with E-state index in [0.29, 0.717) is 0 Å². The molecule has 4 heteroatoms. The van der Waals surface area contributed by atoms with Gasteiger partial charge in [-0.25, -0.2) is 0 Å². The molecule has 0 fully saturated rings. The van der Waals surface area contributed by atoms with Gasteiger partial charge in [0.1, 0.15) is 0 Å². The van der Waals surface area contributed by atoms with Gasteiger partial charge in [0.15, 0.2) is 0 Å². The van der Waals surface area contributed by atoms with E-state index in [1.807, 2.05) is 61.5 Å². The standard InChI is InChI=1S/C17H16N2O2/c1-12-17(14-9-5-6-10-16(14)18-12)15(11-19(20)21)13-7-3-2-4-8-13/h2-10,15,18H,11H2,1H3/t15-/m1/s1. The minimum atomic E-state index is -0.239. The summed E-state index contributed by atoms with van der Waals surface area (Å²) >= 11 is 0. The van der Waals surface area contributed by atoms with E-state index in [9.17, 15) is 10.1 Å². The summed E-state index contributed by atoms with van der Waals surface area (Å²) in [6, 6.07) is 17.6. The highest BCUT2D eigenvalue weighted by Gasteiger charge is 2.25. The van der Waals surface area contributed by atoms with Gasteiger partial charge in [-0.2, -0.15) is 0 Å². The third-order valence-corrected chi connectivity index (χ3v) is 3.83. The molecule has 0 aliphatic heterocycles. The normalized spacial score (nSPS) is 12.4. The van der Waals surface area contributed by atoms with Crippen LogP contribution in [-0.2, 0) is 0 Å². The molecule has 4 nitrogen and oxygen atoms in total. The van der Waals surface area contributed by atoms with Crippen LogP contribution in [0.25, 0.3) is 10.9 Å². The minimum Gasteiger partial charge on any atom is -0.358 e. The summed E-state index contributed by atoms with van der Waals surface area (Å²) in [7, 11) is 0. The first-order valence-corrected chi connectivity index (χ1v) is 6.91. The van der Waals surface area contributed by atoms with Gasteiger partial charge in [0.25, 0.3) is 0 Å². The molecule has 0 saturated carbocycles. The van der Waals surface area contributed by atoms with Gasteiger partial charge in [-0.3, -0.25) is 10.1 Å². The Morgan fingerprint density at radius 1 is 1.10 bits per heavy atom. The van der Waals surface area contributed by atoms with Crippen molar-refractivity contribution in [1.29, 1.82) is 0 Å². The second-order valence-electron chi connectivity index (χ2n) is 5.19. The maximum absolute atomic E-state index is 11.1. The molecule has 21 heavy (non-hydrogen) atoms. The molecule has 2 aromatic carbocycles. The zero-order valence-corrected chi connectivity index (χ0v) is 11.7. The van der Waals surface area contributed by atoms with E-state index in [1.54, 1.807) is 0 Å². The van der Waals surface area contributed by atoms with Gasteiger partial charge < -0.3 is 4.98 Å². The Morgan fingerprint density at radius 3 is 2.48 bits per heavy atom. The minimum absolute atomic E-state index is 0.104. The maximum Gasteiger partial charge on any atom is 0.214 e. The number of nitro groups is 1. The highest BCUT2D eigenvalue weighted by Crippen LogP contribution is 2.33. The molecule has 106 valence electrons. The molecule has 3 aromatic rings. The molecular formula is C17H16N2O2. The summed E-state index contributed by atoms with van der Waals surface area (Å²) in [4.78, 5) is 14.2. The summed E-state index contributed by atoms with van der Waals surface area (Å²) in [5.74, 6) is -0.239. The van der Waals surface area contributed by atoms with Crippen molar-refractivity contribution >= 4 is 10.9 Å². The van der Waals surface area contributed by atoms with Gasteiger partial charge in [0, 0.05) is 21.5 Å². The number of nitrogens with one attached hydrogen (secondary N) is 1. The van der Waals surface area contributed by atoms with Gasteiger partial charge >= 0.3 is 0 Å². The number of benzene rings is 2. The molecule has 0 aliphatic rings. The van der Waals surface area contributed by atoms with Crippen LogP contribution in [0.5, 0.6) is 0 Å². The number of aryl methyl sites for hydroxylation is 1. The first-order chi connectivity index (χ1) is 10.2. The van der Waals surface area contributed by atoms with Crippen molar-refractivity contribution in [2.75, 3.05) is 6.54 Å². The molecule has 1 atom stereocenters. The fourth-order valence-corrected chi connectivity index (χ4v) is 2.95. The van der Waals surface area contributed by atoms with Crippen LogP contribution in [0, 0.1) is 17.0 Å². The van der Waals surface area contributed by atoms with Crippen molar-refractivity contribution in [3.8, 4) is 0 Å². The topological polar surface area (TPSA) is 58.9 Å². The maximum atomic E-state index is 11.1. The van der Waals surface area contributed by atoms with Crippen LogP contribution in [0.2, 0.25) is 0 Å². The van der Waals surface area contributed by atoms with Crippen LogP contribution in [0.1, 0.15) is 22.7 Å².